The summed E-state index contributed by atoms with van der Waals surface area (Å²) < 4.78 is 0. The third-order valence-corrected chi connectivity index (χ3v) is 4.96. The third-order valence-electron chi connectivity index (χ3n) is 3.54. The van der Waals surface area contributed by atoms with E-state index in [-0.39, 0.29) is 0 Å². The van der Waals surface area contributed by atoms with Gasteiger partial charge in [-0.1, -0.05) is 81.4 Å². The first-order valence-corrected chi connectivity index (χ1v) is 8.12. The Kier molecular flexibility index (Phi) is 4.53. The first-order chi connectivity index (χ1) is 10.8. The highest BCUT2D eigenvalue weighted by Gasteiger charge is 2.15. The van der Waals surface area contributed by atoms with E-state index in [0.717, 1.165) is 21.7 Å². The van der Waals surface area contributed by atoms with Gasteiger partial charge in [-0.3, -0.25) is 0 Å². The second kappa shape index (κ2) is 6.74. The van der Waals surface area contributed by atoms with Gasteiger partial charge in [0.05, 0.1) is 0 Å². The van der Waals surface area contributed by atoms with E-state index in [4.69, 9.17) is 0 Å². The fourth-order valence-corrected chi connectivity index (χ4v) is 3.61. The van der Waals surface area contributed by atoms with Crippen LogP contribution in [0.2, 0.25) is 0 Å². The standard InChI is InChI=1S/C19H17O2P/c20-16-11-5-7-13-18(16)22-17-12-6-4-10-15(17)19(21)14-8-2-1-3-9-14/h1-13,19-22H. The molecule has 0 heterocycles. The van der Waals surface area contributed by atoms with Gasteiger partial charge in [-0.2, -0.15) is 0 Å². The zero-order chi connectivity index (χ0) is 15.4. The van der Waals surface area contributed by atoms with E-state index >= 15 is 0 Å². The van der Waals surface area contributed by atoms with Crippen LogP contribution in [0.15, 0.2) is 78.9 Å². The van der Waals surface area contributed by atoms with E-state index in [1.807, 2.05) is 72.8 Å². The highest BCUT2D eigenvalue weighted by molar-refractivity contribution is 7.55. The van der Waals surface area contributed by atoms with Crippen LogP contribution in [0.3, 0.4) is 0 Å². The van der Waals surface area contributed by atoms with Crippen LogP contribution in [-0.4, -0.2) is 10.2 Å². The van der Waals surface area contributed by atoms with Gasteiger partial charge >= 0.3 is 0 Å². The van der Waals surface area contributed by atoms with Crippen molar-refractivity contribution in [1.82, 2.24) is 0 Å². The van der Waals surface area contributed by atoms with Crippen LogP contribution in [0.4, 0.5) is 0 Å². The summed E-state index contributed by atoms with van der Waals surface area (Å²) in [5.74, 6) is 0.296. The van der Waals surface area contributed by atoms with Crippen LogP contribution in [0.25, 0.3) is 0 Å². The van der Waals surface area contributed by atoms with Crippen LogP contribution >= 0.6 is 8.58 Å². The number of phenols is 1. The summed E-state index contributed by atoms with van der Waals surface area (Å²) in [5.41, 5.74) is 1.76. The fraction of sp³-hybridized carbons (Fsp3) is 0.0526. The maximum Gasteiger partial charge on any atom is 0.123 e. The molecule has 0 aliphatic carbocycles. The molecule has 0 aliphatic rings. The minimum absolute atomic E-state index is 0.296. The van der Waals surface area contributed by atoms with Crippen molar-refractivity contribution >= 4 is 19.2 Å². The Morgan fingerprint density at radius 2 is 1.27 bits per heavy atom. The van der Waals surface area contributed by atoms with Crippen molar-refractivity contribution in [3.05, 3.63) is 90.0 Å². The van der Waals surface area contributed by atoms with Crippen molar-refractivity contribution in [2.24, 2.45) is 0 Å². The molecule has 0 saturated heterocycles. The van der Waals surface area contributed by atoms with Crippen molar-refractivity contribution < 1.29 is 10.2 Å². The molecule has 0 fully saturated rings. The molecular formula is C19H17O2P. The normalized spacial score (nSPS) is 12.6. The Balaban J connectivity index is 1.95. The number of hydrogen-bond acceptors (Lipinski definition) is 2. The molecule has 2 atom stereocenters. The number of phenolic OH excluding ortho intramolecular Hbond substituents is 1. The number of aromatic hydroxyl groups is 1. The van der Waals surface area contributed by atoms with Crippen molar-refractivity contribution in [3.63, 3.8) is 0 Å². The molecule has 0 aliphatic heterocycles. The number of aliphatic hydroxyl groups is 1. The Hall–Kier alpha value is -2.15. The summed E-state index contributed by atoms with van der Waals surface area (Å²) in [4.78, 5) is 0. The molecule has 3 aromatic carbocycles. The summed E-state index contributed by atoms with van der Waals surface area (Å²) in [6.07, 6.45) is -0.657. The van der Waals surface area contributed by atoms with Crippen molar-refractivity contribution in [1.29, 1.82) is 0 Å². The molecule has 2 nitrogen and oxygen atoms in total. The van der Waals surface area contributed by atoms with E-state index in [9.17, 15) is 10.2 Å². The second-order valence-corrected chi connectivity index (χ2v) is 6.37. The van der Waals surface area contributed by atoms with Gasteiger partial charge in [0.1, 0.15) is 11.9 Å². The number of aliphatic hydroxyl groups excluding tert-OH is 1. The molecule has 0 amide bonds. The maximum atomic E-state index is 10.7. The zero-order valence-corrected chi connectivity index (χ0v) is 13.0. The Morgan fingerprint density at radius 1 is 0.682 bits per heavy atom. The molecule has 22 heavy (non-hydrogen) atoms. The molecule has 0 spiro atoms. The smallest absolute Gasteiger partial charge is 0.123 e. The molecule has 0 saturated carbocycles. The lowest BCUT2D eigenvalue weighted by molar-refractivity contribution is 0.221. The van der Waals surface area contributed by atoms with Crippen molar-refractivity contribution in [3.8, 4) is 5.75 Å². The van der Waals surface area contributed by atoms with Crippen molar-refractivity contribution in [2.45, 2.75) is 6.10 Å². The Labute approximate surface area is 131 Å². The van der Waals surface area contributed by atoms with Crippen molar-refractivity contribution in [2.75, 3.05) is 0 Å². The van der Waals surface area contributed by atoms with E-state index < -0.39 is 6.10 Å². The van der Waals surface area contributed by atoms with Crippen LogP contribution < -0.4 is 10.6 Å². The van der Waals surface area contributed by atoms with Gasteiger partial charge in [0.15, 0.2) is 0 Å². The summed E-state index contributed by atoms with van der Waals surface area (Å²) in [7, 11) is 0.302. The van der Waals surface area contributed by atoms with Gasteiger partial charge in [-0.15, -0.1) is 0 Å². The predicted molar refractivity (Wildman–Crippen MR) is 92.6 cm³/mol. The maximum absolute atomic E-state index is 10.7. The SMILES string of the molecule is Oc1ccccc1Pc1ccccc1C(O)c1ccccc1. The Morgan fingerprint density at radius 3 is 2.00 bits per heavy atom. The summed E-state index contributed by atoms with van der Waals surface area (Å²) in [6, 6.07) is 24.8. The predicted octanol–water partition coefficient (Wildman–Crippen LogP) is 3.10. The minimum Gasteiger partial charge on any atom is -0.507 e. The van der Waals surface area contributed by atoms with Gasteiger partial charge in [0, 0.05) is 5.30 Å². The van der Waals surface area contributed by atoms with Crippen LogP contribution in [-0.2, 0) is 0 Å². The van der Waals surface area contributed by atoms with Gasteiger partial charge in [-0.25, -0.2) is 0 Å². The van der Waals surface area contributed by atoms with E-state index in [0.29, 0.717) is 14.3 Å². The highest BCUT2D eigenvalue weighted by atomic mass is 31.1. The van der Waals surface area contributed by atoms with Gasteiger partial charge < -0.3 is 10.2 Å². The van der Waals surface area contributed by atoms with Crippen LogP contribution in [0.1, 0.15) is 17.2 Å². The summed E-state index contributed by atoms with van der Waals surface area (Å²) in [6.45, 7) is 0. The first-order valence-electron chi connectivity index (χ1n) is 7.12. The first kappa shape index (κ1) is 14.8. The van der Waals surface area contributed by atoms with Gasteiger partial charge in [0.2, 0.25) is 0 Å². The lowest BCUT2D eigenvalue weighted by atomic mass is 10.0. The molecule has 110 valence electrons. The number of rotatable bonds is 4. The van der Waals surface area contributed by atoms with Crippen LogP contribution in [0, 0.1) is 0 Å². The molecule has 3 heteroatoms. The summed E-state index contributed by atoms with van der Waals surface area (Å²) in [5, 5.41) is 22.6. The monoisotopic (exact) mass is 308 g/mol. The molecule has 2 N–H and O–H groups in total. The molecule has 3 rings (SSSR count). The molecule has 2 unspecified atom stereocenters. The zero-order valence-electron chi connectivity index (χ0n) is 12.0. The number of benzene rings is 3. The molecule has 0 radical (unpaired) electrons. The largest absolute Gasteiger partial charge is 0.507 e. The molecular weight excluding hydrogens is 291 g/mol. The van der Waals surface area contributed by atoms with E-state index in [1.165, 1.54) is 0 Å². The Bertz CT molecular complexity index is 756. The lowest BCUT2D eigenvalue weighted by Crippen LogP contribution is -2.13. The lowest BCUT2D eigenvalue weighted by Gasteiger charge is -2.16. The topological polar surface area (TPSA) is 40.5 Å². The second-order valence-electron chi connectivity index (χ2n) is 5.04. The third kappa shape index (κ3) is 3.19. The molecule has 0 bridgehead atoms. The molecule has 0 aromatic heterocycles. The van der Waals surface area contributed by atoms with E-state index in [2.05, 4.69) is 0 Å². The number of para-hydroxylation sites is 1. The van der Waals surface area contributed by atoms with E-state index in [1.54, 1.807) is 6.07 Å². The quantitative estimate of drug-likeness (QED) is 0.727. The highest BCUT2D eigenvalue weighted by Crippen LogP contribution is 2.26. The average Bonchev–Trinajstić information content (AvgIpc) is 2.58. The average molecular weight is 308 g/mol. The number of hydrogen-bond donors (Lipinski definition) is 2. The van der Waals surface area contributed by atoms with Gasteiger partial charge in [0.25, 0.3) is 0 Å². The summed E-state index contributed by atoms with van der Waals surface area (Å²) >= 11 is 0. The van der Waals surface area contributed by atoms with Crippen LogP contribution in [0.5, 0.6) is 5.75 Å². The minimum atomic E-state index is -0.657. The fourth-order valence-electron chi connectivity index (χ4n) is 2.39. The molecule has 3 aromatic rings. The van der Waals surface area contributed by atoms with Gasteiger partial charge in [-0.05, 0) is 22.5 Å².